The molecule has 3 rings (SSSR count). The Morgan fingerprint density at radius 2 is 2.19 bits per heavy atom. The van der Waals surface area contributed by atoms with E-state index < -0.39 is 0 Å². The molecule has 0 spiro atoms. The van der Waals surface area contributed by atoms with Gasteiger partial charge in [0, 0.05) is 17.5 Å². The highest BCUT2D eigenvalue weighted by Crippen LogP contribution is 2.29. The minimum absolute atomic E-state index is 0. The van der Waals surface area contributed by atoms with E-state index in [0.29, 0.717) is 6.04 Å². The second-order valence-electron chi connectivity index (χ2n) is 5.32. The van der Waals surface area contributed by atoms with E-state index in [1.165, 1.54) is 22.4 Å². The number of thiophene rings is 1. The van der Waals surface area contributed by atoms with Crippen LogP contribution in [0.15, 0.2) is 35.7 Å². The largest absolute Gasteiger partial charge is 0.496 e. The van der Waals surface area contributed by atoms with Gasteiger partial charge in [0.25, 0.3) is 0 Å². The number of hydrogen-bond acceptors (Lipinski definition) is 3. The van der Waals surface area contributed by atoms with Crippen molar-refractivity contribution in [3.63, 3.8) is 0 Å². The molecule has 0 unspecified atom stereocenters. The van der Waals surface area contributed by atoms with Crippen LogP contribution in [0.3, 0.4) is 0 Å². The number of benzene rings is 1. The van der Waals surface area contributed by atoms with E-state index in [0.717, 1.165) is 31.6 Å². The number of rotatable bonds is 5. The fourth-order valence-electron chi connectivity index (χ4n) is 2.99. The van der Waals surface area contributed by atoms with Gasteiger partial charge in [-0.15, -0.1) is 23.7 Å². The van der Waals surface area contributed by atoms with Gasteiger partial charge in [0.05, 0.1) is 7.11 Å². The molecule has 4 heteroatoms. The molecule has 2 nitrogen and oxygen atoms in total. The lowest BCUT2D eigenvalue weighted by molar-refractivity contribution is 0.397. The Labute approximate surface area is 136 Å². The standard InChI is InChI=1S/C17H21NOS.ClH/c1-19-17-6-2-4-13-12-14(7-8-16(13)17)18-10-9-15-5-3-11-20-15;/h2-6,11,14,18H,7-10,12H2,1H3;1H/t14-;/m0./s1. The molecule has 0 amide bonds. The Balaban J connectivity index is 0.00000161. The van der Waals surface area contributed by atoms with Gasteiger partial charge >= 0.3 is 0 Å². The number of halogens is 1. The van der Waals surface area contributed by atoms with E-state index in [1.807, 2.05) is 11.3 Å². The Bertz CT molecular complexity index is 556. The first-order valence-corrected chi connectivity index (χ1v) is 8.15. The van der Waals surface area contributed by atoms with Gasteiger partial charge < -0.3 is 10.1 Å². The lowest BCUT2D eigenvalue weighted by Crippen LogP contribution is -2.35. The molecule has 21 heavy (non-hydrogen) atoms. The Hall–Kier alpha value is -1.03. The maximum absolute atomic E-state index is 5.46. The molecule has 1 aromatic heterocycles. The van der Waals surface area contributed by atoms with Crippen molar-refractivity contribution in [1.29, 1.82) is 0 Å². The number of nitrogens with one attached hydrogen (secondary N) is 1. The third-order valence-corrected chi connectivity index (χ3v) is 4.98. The molecule has 1 aromatic carbocycles. The van der Waals surface area contributed by atoms with Gasteiger partial charge in [-0.05, 0) is 54.3 Å². The minimum atomic E-state index is 0. The van der Waals surface area contributed by atoms with Crippen molar-refractivity contribution < 1.29 is 4.74 Å². The molecule has 0 saturated heterocycles. The number of hydrogen-bond donors (Lipinski definition) is 1. The zero-order valence-corrected chi connectivity index (χ0v) is 13.9. The SMILES string of the molecule is COc1cccc2c1CC[C@H](NCCc1cccs1)C2.Cl. The van der Waals surface area contributed by atoms with Crippen molar-refractivity contribution in [2.45, 2.75) is 31.7 Å². The van der Waals surface area contributed by atoms with Crippen LogP contribution in [0.4, 0.5) is 0 Å². The summed E-state index contributed by atoms with van der Waals surface area (Å²) in [6.07, 6.45) is 4.59. The number of fused-ring (bicyclic) bond motifs is 1. The summed E-state index contributed by atoms with van der Waals surface area (Å²) in [6, 6.07) is 11.4. The van der Waals surface area contributed by atoms with Crippen molar-refractivity contribution >= 4 is 23.7 Å². The summed E-state index contributed by atoms with van der Waals surface area (Å²) in [4.78, 5) is 1.47. The molecule has 0 bridgehead atoms. The summed E-state index contributed by atoms with van der Waals surface area (Å²) in [5, 5.41) is 5.86. The Morgan fingerprint density at radius 1 is 1.29 bits per heavy atom. The van der Waals surface area contributed by atoms with Crippen molar-refractivity contribution in [1.82, 2.24) is 5.32 Å². The minimum Gasteiger partial charge on any atom is -0.496 e. The number of methoxy groups -OCH3 is 1. The lowest BCUT2D eigenvalue weighted by Gasteiger charge is -2.26. The predicted octanol–water partition coefficient (Wildman–Crippen LogP) is 3.87. The van der Waals surface area contributed by atoms with E-state index in [1.54, 1.807) is 7.11 Å². The van der Waals surface area contributed by atoms with E-state index in [2.05, 4.69) is 41.0 Å². The molecule has 1 aliphatic rings. The van der Waals surface area contributed by atoms with Crippen LogP contribution < -0.4 is 10.1 Å². The fourth-order valence-corrected chi connectivity index (χ4v) is 3.70. The van der Waals surface area contributed by atoms with Crippen molar-refractivity contribution in [3.05, 3.63) is 51.7 Å². The molecule has 1 N–H and O–H groups in total. The third-order valence-electron chi connectivity index (χ3n) is 4.04. The van der Waals surface area contributed by atoms with Crippen LogP contribution in [0.5, 0.6) is 5.75 Å². The summed E-state index contributed by atoms with van der Waals surface area (Å²) >= 11 is 1.85. The fraction of sp³-hybridized carbons (Fsp3) is 0.412. The molecule has 1 heterocycles. The van der Waals surface area contributed by atoms with Gasteiger partial charge in [0.2, 0.25) is 0 Å². The third kappa shape index (κ3) is 4.00. The van der Waals surface area contributed by atoms with Gasteiger partial charge in [-0.2, -0.15) is 0 Å². The summed E-state index contributed by atoms with van der Waals surface area (Å²) < 4.78 is 5.46. The first-order valence-electron chi connectivity index (χ1n) is 7.27. The Kier molecular flexibility index (Phi) is 6.09. The normalized spacial score (nSPS) is 16.9. The molecule has 1 atom stereocenters. The lowest BCUT2D eigenvalue weighted by atomic mass is 9.87. The van der Waals surface area contributed by atoms with Gasteiger partial charge in [0.1, 0.15) is 5.75 Å². The molecule has 0 aliphatic heterocycles. The molecular weight excluding hydrogens is 302 g/mol. The summed E-state index contributed by atoms with van der Waals surface area (Å²) in [5.41, 5.74) is 2.86. The highest BCUT2D eigenvalue weighted by atomic mass is 35.5. The van der Waals surface area contributed by atoms with E-state index in [-0.39, 0.29) is 12.4 Å². The molecule has 0 fully saturated rings. The molecule has 0 radical (unpaired) electrons. The van der Waals surface area contributed by atoms with Gasteiger partial charge in [-0.3, -0.25) is 0 Å². The van der Waals surface area contributed by atoms with Crippen molar-refractivity contribution in [2.75, 3.05) is 13.7 Å². The molecule has 1 aliphatic carbocycles. The summed E-state index contributed by atoms with van der Waals surface area (Å²) in [5.74, 6) is 1.06. The van der Waals surface area contributed by atoms with Crippen LogP contribution in [-0.4, -0.2) is 19.7 Å². The van der Waals surface area contributed by atoms with Gasteiger partial charge in [0.15, 0.2) is 0 Å². The maximum Gasteiger partial charge on any atom is 0.122 e. The zero-order valence-electron chi connectivity index (χ0n) is 12.3. The highest BCUT2D eigenvalue weighted by Gasteiger charge is 2.20. The van der Waals surface area contributed by atoms with E-state index in [9.17, 15) is 0 Å². The monoisotopic (exact) mass is 323 g/mol. The quantitative estimate of drug-likeness (QED) is 0.902. The van der Waals surface area contributed by atoms with Crippen molar-refractivity contribution in [3.8, 4) is 5.75 Å². The van der Waals surface area contributed by atoms with Crippen LogP contribution >= 0.6 is 23.7 Å². The highest BCUT2D eigenvalue weighted by molar-refractivity contribution is 7.09. The van der Waals surface area contributed by atoms with Crippen molar-refractivity contribution in [2.24, 2.45) is 0 Å². The summed E-state index contributed by atoms with van der Waals surface area (Å²) in [7, 11) is 1.76. The second-order valence-corrected chi connectivity index (χ2v) is 6.35. The zero-order chi connectivity index (χ0) is 13.8. The van der Waals surface area contributed by atoms with Gasteiger partial charge in [-0.1, -0.05) is 18.2 Å². The molecular formula is C17H22ClNOS. The van der Waals surface area contributed by atoms with Crippen LogP contribution in [-0.2, 0) is 19.3 Å². The second kappa shape index (κ2) is 7.83. The average molecular weight is 324 g/mol. The van der Waals surface area contributed by atoms with Crippen LogP contribution in [0.2, 0.25) is 0 Å². The van der Waals surface area contributed by atoms with Crippen LogP contribution in [0, 0.1) is 0 Å². The topological polar surface area (TPSA) is 21.3 Å². The maximum atomic E-state index is 5.46. The molecule has 2 aromatic rings. The number of ether oxygens (including phenoxy) is 1. The molecule has 0 saturated carbocycles. The van der Waals surface area contributed by atoms with Crippen LogP contribution in [0.1, 0.15) is 22.4 Å². The summed E-state index contributed by atoms with van der Waals surface area (Å²) in [6.45, 7) is 1.07. The van der Waals surface area contributed by atoms with E-state index >= 15 is 0 Å². The van der Waals surface area contributed by atoms with E-state index in [4.69, 9.17) is 4.74 Å². The van der Waals surface area contributed by atoms with Crippen LogP contribution in [0.25, 0.3) is 0 Å². The van der Waals surface area contributed by atoms with Gasteiger partial charge in [-0.25, -0.2) is 0 Å². The Morgan fingerprint density at radius 3 is 2.95 bits per heavy atom. The smallest absolute Gasteiger partial charge is 0.122 e. The molecule has 114 valence electrons. The average Bonchev–Trinajstić information content (AvgIpc) is 2.99. The predicted molar refractivity (Wildman–Crippen MR) is 92.1 cm³/mol. The first kappa shape index (κ1) is 16.3. The first-order chi connectivity index (χ1) is 9.86.